The van der Waals surface area contributed by atoms with Crippen LogP contribution in [0.4, 0.5) is 5.69 Å². The molecule has 0 saturated carbocycles. The highest BCUT2D eigenvalue weighted by Crippen LogP contribution is 2.32. The van der Waals surface area contributed by atoms with Crippen LogP contribution in [0.3, 0.4) is 0 Å². The van der Waals surface area contributed by atoms with E-state index >= 15 is 0 Å². The maximum atomic E-state index is 11.8. The number of anilines is 1. The minimum Gasteiger partial charge on any atom is -0.387 e. The molecular formula is C17H26N2O3S. The SMILES string of the molecule is CC1CCCN(CC(O)c2ccc3c(c2)CCN3S(C)(=O)=O)C1. The second kappa shape index (κ2) is 6.42. The highest BCUT2D eigenvalue weighted by Gasteiger charge is 2.27. The van der Waals surface area contributed by atoms with E-state index in [1.807, 2.05) is 18.2 Å². The zero-order valence-electron chi connectivity index (χ0n) is 13.9. The van der Waals surface area contributed by atoms with E-state index in [1.165, 1.54) is 23.4 Å². The molecule has 1 fully saturated rings. The van der Waals surface area contributed by atoms with Gasteiger partial charge in [0, 0.05) is 19.6 Å². The number of rotatable bonds is 4. The first-order valence-corrected chi connectivity index (χ1v) is 10.2. The maximum absolute atomic E-state index is 11.8. The Kier molecular flexibility index (Phi) is 4.67. The summed E-state index contributed by atoms with van der Waals surface area (Å²) in [5.74, 6) is 0.694. The van der Waals surface area contributed by atoms with Crippen molar-refractivity contribution in [3.8, 4) is 0 Å². The van der Waals surface area contributed by atoms with Crippen LogP contribution < -0.4 is 4.31 Å². The van der Waals surface area contributed by atoms with Gasteiger partial charge in [-0.1, -0.05) is 19.1 Å². The number of sulfonamides is 1. The van der Waals surface area contributed by atoms with Gasteiger partial charge in [0.15, 0.2) is 0 Å². The topological polar surface area (TPSA) is 60.9 Å². The van der Waals surface area contributed by atoms with E-state index in [9.17, 15) is 13.5 Å². The highest BCUT2D eigenvalue weighted by molar-refractivity contribution is 7.92. The van der Waals surface area contributed by atoms with Gasteiger partial charge >= 0.3 is 0 Å². The third-order valence-electron chi connectivity index (χ3n) is 4.91. The van der Waals surface area contributed by atoms with Gasteiger partial charge in [-0.2, -0.15) is 0 Å². The number of β-amino-alcohol motifs (C(OH)–C–C–N with tert-alkyl or cyclic N) is 1. The number of hydrogen-bond acceptors (Lipinski definition) is 4. The first-order valence-electron chi connectivity index (χ1n) is 8.35. The average Bonchev–Trinajstić information content (AvgIpc) is 2.90. The Bertz CT molecular complexity index is 674. The van der Waals surface area contributed by atoms with E-state index in [0.29, 0.717) is 25.4 Å². The minimum atomic E-state index is -3.22. The van der Waals surface area contributed by atoms with Crippen molar-refractivity contribution >= 4 is 15.7 Å². The van der Waals surface area contributed by atoms with E-state index < -0.39 is 16.1 Å². The summed E-state index contributed by atoms with van der Waals surface area (Å²) in [6.45, 7) is 5.50. The number of nitrogens with zero attached hydrogens (tertiary/aromatic N) is 2. The molecule has 0 amide bonds. The highest BCUT2D eigenvalue weighted by atomic mass is 32.2. The number of piperidine rings is 1. The first kappa shape index (κ1) is 16.7. The molecule has 1 N–H and O–H groups in total. The summed E-state index contributed by atoms with van der Waals surface area (Å²) in [4.78, 5) is 2.33. The number of aliphatic hydroxyl groups excluding tert-OH is 1. The van der Waals surface area contributed by atoms with Crippen LogP contribution in [0.25, 0.3) is 0 Å². The van der Waals surface area contributed by atoms with E-state index in [0.717, 1.165) is 29.9 Å². The van der Waals surface area contributed by atoms with Crippen molar-refractivity contribution in [2.75, 3.05) is 36.7 Å². The summed E-state index contributed by atoms with van der Waals surface area (Å²) in [5, 5.41) is 10.5. The predicted octanol–water partition coefficient (Wildman–Crippen LogP) is 1.77. The molecule has 0 aliphatic carbocycles. The van der Waals surface area contributed by atoms with Crippen molar-refractivity contribution in [2.45, 2.75) is 32.3 Å². The Balaban J connectivity index is 1.72. The van der Waals surface area contributed by atoms with Crippen LogP contribution in [0.1, 0.15) is 37.0 Å². The van der Waals surface area contributed by atoms with Crippen LogP contribution in [0, 0.1) is 5.92 Å². The molecule has 2 heterocycles. The molecule has 128 valence electrons. The Labute approximate surface area is 139 Å². The van der Waals surface area contributed by atoms with E-state index in [2.05, 4.69) is 11.8 Å². The molecule has 1 aromatic carbocycles. The lowest BCUT2D eigenvalue weighted by atomic mass is 9.98. The Hall–Kier alpha value is -1.11. The molecule has 6 heteroatoms. The smallest absolute Gasteiger partial charge is 0.232 e. The molecule has 3 rings (SSSR count). The standard InChI is InChI=1S/C17H26N2O3S/c1-13-4-3-8-18(11-13)12-17(20)15-5-6-16-14(10-15)7-9-19(16)23(2,21)22/h5-6,10,13,17,20H,3-4,7-9,11-12H2,1-2H3. The second-order valence-electron chi connectivity index (χ2n) is 7.00. The molecule has 2 unspecified atom stereocenters. The molecule has 1 aromatic rings. The molecule has 2 aliphatic heterocycles. The minimum absolute atomic E-state index is 0.497. The molecule has 0 bridgehead atoms. The molecule has 0 radical (unpaired) electrons. The number of likely N-dealkylation sites (tertiary alicyclic amines) is 1. The van der Waals surface area contributed by atoms with Gasteiger partial charge in [0.2, 0.25) is 10.0 Å². The van der Waals surface area contributed by atoms with Crippen LogP contribution in [0.2, 0.25) is 0 Å². The van der Waals surface area contributed by atoms with E-state index in [4.69, 9.17) is 0 Å². The van der Waals surface area contributed by atoms with E-state index in [-0.39, 0.29) is 0 Å². The van der Waals surface area contributed by atoms with Gasteiger partial charge in [-0.15, -0.1) is 0 Å². The maximum Gasteiger partial charge on any atom is 0.232 e. The normalized spacial score (nSPS) is 23.8. The second-order valence-corrected chi connectivity index (χ2v) is 8.90. The lowest BCUT2D eigenvalue weighted by Gasteiger charge is -2.32. The summed E-state index contributed by atoms with van der Waals surface area (Å²) in [5.41, 5.74) is 2.66. The molecule has 0 spiro atoms. The Morgan fingerprint density at radius 1 is 1.35 bits per heavy atom. The van der Waals surface area contributed by atoms with Gasteiger partial charge < -0.3 is 10.0 Å². The summed E-state index contributed by atoms with van der Waals surface area (Å²) >= 11 is 0. The van der Waals surface area contributed by atoms with Crippen molar-refractivity contribution in [3.63, 3.8) is 0 Å². The molecule has 2 aliphatic rings. The largest absolute Gasteiger partial charge is 0.387 e. The summed E-state index contributed by atoms with van der Waals surface area (Å²) in [7, 11) is -3.22. The van der Waals surface area contributed by atoms with E-state index in [1.54, 1.807) is 0 Å². The van der Waals surface area contributed by atoms with Crippen molar-refractivity contribution in [3.05, 3.63) is 29.3 Å². The lowest BCUT2D eigenvalue weighted by Crippen LogP contribution is -2.37. The van der Waals surface area contributed by atoms with Crippen LogP contribution >= 0.6 is 0 Å². The van der Waals surface area contributed by atoms with Gasteiger partial charge in [-0.05, 0) is 48.9 Å². The molecule has 2 atom stereocenters. The Morgan fingerprint density at radius 2 is 2.13 bits per heavy atom. The predicted molar refractivity (Wildman–Crippen MR) is 92.1 cm³/mol. The van der Waals surface area contributed by atoms with Crippen LogP contribution in [-0.2, 0) is 16.4 Å². The van der Waals surface area contributed by atoms with Gasteiger partial charge in [0.1, 0.15) is 0 Å². The fraction of sp³-hybridized carbons (Fsp3) is 0.647. The number of hydrogen-bond donors (Lipinski definition) is 1. The number of fused-ring (bicyclic) bond motifs is 1. The summed E-state index contributed by atoms with van der Waals surface area (Å²) in [6.07, 6.45) is 3.90. The van der Waals surface area contributed by atoms with Gasteiger partial charge in [0.25, 0.3) is 0 Å². The molecule has 23 heavy (non-hydrogen) atoms. The average molecular weight is 338 g/mol. The fourth-order valence-corrected chi connectivity index (χ4v) is 4.70. The van der Waals surface area contributed by atoms with Crippen molar-refractivity contribution in [1.82, 2.24) is 4.90 Å². The zero-order valence-corrected chi connectivity index (χ0v) is 14.7. The fourth-order valence-electron chi connectivity index (χ4n) is 3.75. The number of benzene rings is 1. The van der Waals surface area contributed by atoms with Crippen molar-refractivity contribution in [1.29, 1.82) is 0 Å². The number of aliphatic hydroxyl groups is 1. The molecule has 1 saturated heterocycles. The molecular weight excluding hydrogens is 312 g/mol. The van der Waals surface area contributed by atoms with Gasteiger partial charge in [-0.25, -0.2) is 8.42 Å². The van der Waals surface area contributed by atoms with Crippen molar-refractivity contribution in [2.24, 2.45) is 5.92 Å². The van der Waals surface area contributed by atoms with Gasteiger partial charge in [-0.3, -0.25) is 4.31 Å². The first-order chi connectivity index (χ1) is 10.8. The van der Waals surface area contributed by atoms with Crippen LogP contribution in [0.5, 0.6) is 0 Å². The third-order valence-corrected chi connectivity index (χ3v) is 6.09. The van der Waals surface area contributed by atoms with Crippen LogP contribution in [-0.4, -0.2) is 50.9 Å². The van der Waals surface area contributed by atoms with Crippen molar-refractivity contribution < 1.29 is 13.5 Å². The molecule has 5 nitrogen and oxygen atoms in total. The van der Waals surface area contributed by atoms with Crippen LogP contribution in [0.15, 0.2) is 18.2 Å². The van der Waals surface area contributed by atoms with Gasteiger partial charge in [0.05, 0.1) is 18.0 Å². The monoisotopic (exact) mass is 338 g/mol. The third kappa shape index (κ3) is 3.70. The molecule has 0 aromatic heterocycles. The quantitative estimate of drug-likeness (QED) is 0.909. The Morgan fingerprint density at radius 3 is 2.83 bits per heavy atom. The summed E-state index contributed by atoms with van der Waals surface area (Å²) in [6, 6.07) is 5.67. The summed E-state index contributed by atoms with van der Waals surface area (Å²) < 4.78 is 25.0. The zero-order chi connectivity index (χ0) is 16.6. The lowest BCUT2D eigenvalue weighted by molar-refractivity contribution is 0.0875.